The number of ether oxygens (including phenoxy) is 1. The molecule has 3 N–H and O–H groups in total. The Bertz CT molecular complexity index is 717. The molecule has 1 heterocycles. The number of benzene rings is 1. The van der Waals surface area contributed by atoms with E-state index in [1.807, 2.05) is 0 Å². The molecule has 2 rings (SSSR count). The number of amides is 1. The topological polar surface area (TPSA) is 96.5 Å². The van der Waals surface area contributed by atoms with Gasteiger partial charge in [0.1, 0.15) is 0 Å². The minimum atomic E-state index is -3.71. The molecule has 0 saturated carbocycles. The van der Waals surface area contributed by atoms with E-state index >= 15 is 0 Å². The van der Waals surface area contributed by atoms with Crippen LogP contribution in [0.15, 0.2) is 23.1 Å². The molecule has 1 aliphatic rings. The Morgan fingerprint density at radius 1 is 1.35 bits per heavy atom. The Kier molecular flexibility index (Phi) is 8.78. The van der Waals surface area contributed by atoms with Gasteiger partial charge in [-0.05, 0) is 44.1 Å². The number of carbonyl (C=O) groups excluding carboxylic acids is 1. The number of anilines is 1. The Balaban J connectivity index is 0.00000338. The number of hydrogen-bond donors (Lipinski definition) is 3. The molecule has 1 aromatic carbocycles. The first kappa shape index (κ1) is 23.1. The van der Waals surface area contributed by atoms with E-state index in [0.717, 1.165) is 25.9 Å². The van der Waals surface area contributed by atoms with Crippen molar-refractivity contribution < 1.29 is 17.9 Å². The molecule has 1 aliphatic heterocycles. The van der Waals surface area contributed by atoms with E-state index in [1.54, 1.807) is 7.11 Å². The van der Waals surface area contributed by atoms with E-state index in [0.29, 0.717) is 18.8 Å². The summed E-state index contributed by atoms with van der Waals surface area (Å²) >= 11 is 6.07. The molecule has 0 aromatic heterocycles. The molecule has 1 fully saturated rings. The standard InChI is InChI=1S/C16H24ClN3O4S.ClH/c1-12(21)20-15-4-3-13(9-14(15)17)25(22,23)19-10-16(11-24-2)5-7-18-8-6-16;/h3-4,9,18-19H,5-8,10-11H2,1-2H3,(H,20,21);1H. The fourth-order valence-corrected chi connectivity index (χ4v) is 4.40. The zero-order valence-corrected chi connectivity index (χ0v) is 17.2. The van der Waals surface area contributed by atoms with Crippen LogP contribution in [0.25, 0.3) is 0 Å². The van der Waals surface area contributed by atoms with Crippen molar-refractivity contribution in [3.05, 3.63) is 23.2 Å². The molecular weight excluding hydrogens is 401 g/mol. The summed E-state index contributed by atoms with van der Waals surface area (Å²) in [5.74, 6) is -0.275. The number of carbonyl (C=O) groups is 1. The van der Waals surface area contributed by atoms with Gasteiger partial charge in [0.05, 0.1) is 22.2 Å². The fourth-order valence-electron chi connectivity index (χ4n) is 2.92. The summed E-state index contributed by atoms with van der Waals surface area (Å²) in [7, 11) is -2.08. The first-order chi connectivity index (χ1) is 11.8. The highest BCUT2D eigenvalue weighted by molar-refractivity contribution is 7.89. The van der Waals surface area contributed by atoms with Gasteiger partial charge in [0.2, 0.25) is 15.9 Å². The fraction of sp³-hybridized carbons (Fsp3) is 0.562. The normalized spacial score (nSPS) is 16.6. The Morgan fingerprint density at radius 3 is 2.54 bits per heavy atom. The minimum Gasteiger partial charge on any atom is -0.384 e. The van der Waals surface area contributed by atoms with E-state index in [9.17, 15) is 13.2 Å². The van der Waals surface area contributed by atoms with Gasteiger partial charge in [0.15, 0.2) is 0 Å². The summed E-state index contributed by atoms with van der Waals surface area (Å²) < 4.78 is 33.2. The lowest BCUT2D eigenvalue weighted by Crippen LogP contribution is -2.47. The van der Waals surface area contributed by atoms with E-state index in [-0.39, 0.29) is 33.6 Å². The molecule has 0 radical (unpaired) electrons. The minimum absolute atomic E-state index is 0. The van der Waals surface area contributed by atoms with Crippen molar-refractivity contribution in [1.82, 2.24) is 10.0 Å². The number of rotatable bonds is 7. The second kappa shape index (κ2) is 9.87. The number of sulfonamides is 1. The van der Waals surface area contributed by atoms with E-state index in [1.165, 1.54) is 25.1 Å². The largest absolute Gasteiger partial charge is 0.384 e. The van der Waals surface area contributed by atoms with Crippen LogP contribution in [0.4, 0.5) is 5.69 Å². The summed E-state index contributed by atoms with van der Waals surface area (Å²) in [6.07, 6.45) is 1.68. The van der Waals surface area contributed by atoms with E-state index < -0.39 is 10.0 Å². The Morgan fingerprint density at radius 2 is 2.00 bits per heavy atom. The third-order valence-electron chi connectivity index (χ3n) is 4.31. The summed E-state index contributed by atoms with van der Waals surface area (Å²) in [6.45, 7) is 3.83. The van der Waals surface area contributed by atoms with Gasteiger partial charge in [0, 0.05) is 26.0 Å². The molecule has 26 heavy (non-hydrogen) atoms. The van der Waals surface area contributed by atoms with Crippen molar-refractivity contribution in [2.75, 3.05) is 38.7 Å². The molecule has 148 valence electrons. The highest BCUT2D eigenvalue weighted by atomic mass is 35.5. The molecule has 1 amide bonds. The molecule has 0 aliphatic carbocycles. The quantitative estimate of drug-likeness (QED) is 0.620. The average Bonchev–Trinajstić information content (AvgIpc) is 2.56. The van der Waals surface area contributed by atoms with Crippen LogP contribution in [-0.2, 0) is 19.6 Å². The van der Waals surface area contributed by atoms with Gasteiger partial charge < -0.3 is 15.4 Å². The van der Waals surface area contributed by atoms with Crippen LogP contribution >= 0.6 is 24.0 Å². The predicted octanol–water partition coefficient (Wildman–Crippen LogP) is 2.01. The molecule has 0 unspecified atom stereocenters. The maximum atomic E-state index is 12.6. The number of piperidine rings is 1. The lowest BCUT2D eigenvalue weighted by atomic mass is 9.80. The number of nitrogens with one attached hydrogen (secondary N) is 3. The summed E-state index contributed by atoms with van der Waals surface area (Å²) in [5.41, 5.74) is 0.162. The number of halogens is 2. The van der Waals surface area contributed by atoms with Gasteiger partial charge >= 0.3 is 0 Å². The van der Waals surface area contributed by atoms with Gasteiger partial charge in [0.25, 0.3) is 0 Å². The number of methoxy groups -OCH3 is 1. The van der Waals surface area contributed by atoms with Crippen molar-refractivity contribution in [3.63, 3.8) is 0 Å². The molecular formula is C16H25Cl2N3O4S. The monoisotopic (exact) mass is 425 g/mol. The van der Waals surface area contributed by atoms with Gasteiger partial charge in [-0.25, -0.2) is 13.1 Å². The van der Waals surface area contributed by atoms with Crippen LogP contribution < -0.4 is 15.4 Å². The van der Waals surface area contributed by atoms with Crippen molar-refractivity contribution in [2.24, 2.45) is 5.41 Å². The SMILES string of the molecule is COCC1(CNS(=O)(=O)c2ccc(NC(C)=O)c(Cl)c2)CCNCC1.Cl. The average molecular weight is 426 g/mol. The second-order valence-electron chi connectivity index (χ2n) is 6.33. The lowest BCUT2D eigenvalue weighted by molar-refractivity contribution is -0.114. The third kappa shape index (κ3) is 6.07. The highest BCUT2D eigenvalue weighted by Gasteiger charge is 2.33. The Hall–Kier alpha value is -0.900. The zero-order chi connectivity index (χ0) is 18.5. The molecule has 0 spiro atoms. The van der Waals surface area contributed by atoms with Crippen LogP contribution in [0.1, 0.15) is 19.8 Å². The van der Waals surface area contributed by atoms with E-state index in [4.69, 9.17) is 16.3 Å². The van der Waals surface area contributed by atoms with Crippen molar-refractivity contribution in [1.29, 1.82) is 0 Å². The van der Waals surface area contributed by atoms with Crippen LogP contribution in [-0.4, -0.2) is 47.7 Å². The lowest BCUT2D eigenvalue weighted by Gasteiger charge is -2.37. The maximum absolute atomic E-state index is 12.6. The second-order valence-corrected chi connectivity index (χ2v) is 8.50. The highest BCUT2D eigenvalue weighted by Crippen LogP contribution is 2.30. The van der Waals surface area contributed by atoms with Crippen molar-refractivity contribution in [2.45, 2.75) is 24.7 Å². The van der Waals surface area contributed by atoms with Crippen LogP contribution in [0.5, 0.6) is 0 Å². The van der Waals surface area contributed by atoms with E-state index in [2.05, 4.69) is 15.4 Å². The first-order valence-electron chi connectivity index (χ1n) is 8.04. The molecule has 1 aromatic rings. The van der Waals surface area contributed by atoms with Crippen LogP contribution in [0, 0.1) is 5.41 Å². The number of hydrogen-bond acceptors (Lipinski definition) is 5. The van der Waals surface area contributed by atoms with Crippen LogP contribution in [0.3, 0.4) is 0 Å². The molecule has 1 saturated heterocycles. The molecule has 7 nitrogen and oxygen atoms in total. The van der Waals surface area contributed by atoms with Crippen molar-refractivity contribution in [3.8, 4) is 0 Å². The molecule has 0 bridgehead atoms. The van der Waals surface area contributed by atoms with Gasteiger partial charge in [-0.2, -0.15) is 0 Å². The zero-order valence-electron chi connectivity index (χ0n) is 14.8. The molecule has 10 heteroatoms. The summed E-state index contributed by atoms with van der Waals surface area (Å²) in [6, 6.07) is 4.24. The molecule has 0 atom stereocenters. The summed E-state index contributed by atoms with van der Waals surface area (Å²) in [4.78, 5) is 11.2. The van der Waals surface area contributed by atoms with Gasteiger partial charge in [-0.1, -0.05) is 11.6 Å². The first-order valence-corrected chi connectivity index (χ1v) is 9.91. The van der Waals surface area contributed by atoms with Crippen LogP contribution in [0.2, 0.25) is 5.02 Å². The maximum Gasteiger partial charge on any atom is 0.240 e. The van der Waals surface area contributed by atoms with Gasteiger partial charge in [-0.3, -0.25) is 4.79 Å². The van der Waals surface area contributed by atoms with Crippen molar-refractivity contribution >= 4 is 45.6 Å². The van der Waals surface area contributed by atoms with Gasteiger partial charge in [-0.15, -0.1) is 12.4 Å². The summed E-state index contributed by atoms with van der Waals surface area (Å²) in [5, 5.41) is 5.99. The third-order valence-corrected chi connectivity index (χ3v) is 6.03. The predicted molar refractivity (Wildman–Crippen MR) is 105 cm³/mol. The Labute approximate surface area is 165 Å². The smallest absolute Gasteiger partial charge is 0.240 e.